The largest absolute Gasteiger partial charge is 0.497 e. The summed E-state index contributed by atoms with van der Waals surface area (Å²) in [5, 5.41) is 10.7. The molecule has 1 aliphatic heterocycles. The summed E-state index contributed by atoms with van der Waals surface area (Å²) in [6, 6.07) is 8.59. The number of aromatic nitrogens is 1. The molecule has 1 fully saturated rings. The molecular weight excluding hydrogens is 522 g/mol. The molecule has 10 heteroatoms. The van der Waals surface area contributed by atoms with E-state index in [9.17, 15) is 23.5 Å². The van der Waals surface area contributed by atoms with Crippen LogP contribution in [-0.4, -0.2) is 59.2 Å². The van der Waals surface area contributed by atoms with Gasteiger partial charge in [0.05, 0.1) is 23.6 Å². The van der Waals surface area contributed by atoms with Gasteiger partial charge < -0.3 is 14.7 Å². The summed E-state index contributed by atoms with van der Waals surface area (Å²) in [5.41, 5.74) is 0.998. The molecule has 1 N–H and O–H groups in total. The molecule has 2 aromatic carbocycles. The van der Waals surface area contributed by atoms with Crippen LogP contribution in [0.15, 0.2) is 47.5 Å². The highest BCUT2D eigenvalue weighted by molar-refractivity contribution is 7.99. The Morgan fingerprint density at radius 3 is 2.81 bits per heavy atom. The lowest BCUT2D eigenvalue weighted by atomic mass is 9.81. The molecule has 0 amide bonds. The molecule has 3 aromatic rings. The zero-order valence-electron chi connectivity index (χ0n) is 20.3. The van der Waals surface area contributed by atoms with E-state index in [4.69, 9.17) is 16.3 Å². The Morgan fingerprint density at radius 2 is 2.05 bits per heavy atom. The monoisotopic (exact) mass is 548 g/mol. The third kappa shape index (κ3) is 6.58. The van der Waals surface area contributed by atoms with Gasteiger partial charge in [0.25, 0.3) is 0 Å². The maximum absolute atomic E-state index is 13.9. The Balaban J connectivity index is 1.37. The predicted octanol–water partition coefficient (Wildman–Crippen LogP) is 5.95. The number of aliphatic carboxylic acids is 1. The smallest absolute Gasteiger partial charge is 0.308 e. The van der Waals surface area contributed by atoms with Crippen LogP contribution in [0.2, 0.25) is 5.02 Å². The Hall–Kier alpha value is -2.75. The van der Waals surface area contributed by atoms with Crippen molar-refractivity contribution in [2.45, 2.75) is 24.2 Å². The average Bonchev–Trinajstić information content (AvgIpc) is 2.89. The number of hydrogen-bond donors (Lipinski definition) is 1. The normalized spacial score (nSPS) is 18.2. The van der Waals surface area contributed by atoms with Gasteiger partial charge in [-0.2, -0.15) is 0 Å². The first-order chi connectivity index (χ1) is 17.8. The Labute approximate surface area is 223 Å². The second-order valence-electron chi connectivity index (χ2n) is 9.04. The Bertz CT molecular complexity index is 1310. The summed E-state index contributed by atoms with van der Waals surface area (Å²) in [4.78, 5) is 31.8. The van der Waals surface area contributed by atoms with E-state index >= 15 is 0 Å². The molecule has 1 saturated heterocycles. The van der Waals surface area contributed by atoms with Crippen LogP contribution in [-0.2, 0) is 4.79 Å². The molecule has 0 unspecified atom stereocenters. The number of pyridine rings is 1. The third-order valence-electron chi connectivity index (χ3n) is 6.77. The van der Waals surface area contributed by atoms with Gasteiger partial charge in [0.2, 0.25) is 0 Å². The van der Waals surface area contributed by atoms with Crippen molar-refractivity contribution in [3.63, 3.8) is 0 Å². The fourth-order valence-electron chi connectivity index (χ4n) is 4.77. The summed E-state index contributed by atoms with van der Waals surface area (Å²) >= 11 is 7.56. The number of carboxylic acids is 1. The number of likely N-dealkylation sites (tertiary alicyclic amines) is 1. The SMILES string of the molecule is COc1ccc2ncc(Cl)c(C(=O)CC[C@H]3CCN(CCSc4cc(F)ccc4F)C[C@H]3C(=O)O)c2c1. The van der Waals surface area contributed by atoms with Crippen LogP contribution in [0.25, 0.3) is 10.9 Å². The van der Waals surface area contributed by atoms with Crippen molar-refractivity contribution in [2.24, 2.45) is 11.8 Å². The van der Waals surface area contributed by atoms with Crippen molar-refractivity contribution in [2.75, 3.05) is 32.5 Å². The van der Waals surface area contributed by atoms with E-state index in [1.807, 2.05) is 4.90 Å². The highest BCUT2D eigenvalue weighted by Gasteiger charge is 2.34. The molecule has 2 atom stereocenters. The van der Waals surface area contributed by atoms with E-state index in [0.29, 0.717) is 60.4 Å². The fraction of sp³-hybridized carbons (Fsp3) is 0.370. The molecule has 4 rings (SSSR count). The molecule has 6 nitrogen and oxygen atoms in total. The van der Waals surface area contributed by atoms with E-state index in [1.165, 1.54) is 25.1 Å². The van der Waals surface area contributed by atoms with Gasteiger partial charge in [-0.15, -0.1) is 11.8 Å². The number of methoxy groups -OCH3 is 1. The number of Topliss-reactive ketones (excluding diaryl/α,β-unsaturated/α-hetero) is 1. The lowest BCUT2D eigenvalue weighted by Crippen LogP contribution is -2.44. The fourth-order valence-corrected chi connectivity index (χ4v) is 6.00. The minimum Gasteiger partial charge on any atom is -0.497 e. The number of carbonyl (C=O) groups is 2. The van der Waals surface area contributed by atoms with Crippen molar-refractivity contribution in [1.29, 1.82) is 0 Å². The zero-order valence-corrected chi connectivity index (χ0v) is 21.8. The van der Waals surface area contributed by atoms with Gasteiger partial charge in [0.1, 0.15) is 17.4 Å². The molecule has 0 radical (unpaired) electrons. The van der Waals surface area contributed by atoms with Crippen LogP contribution in [0.5, 0.6) is 5.75 Å². The summed E-state index contributed by atoms with van der Waals surface area (Å²) in [7, 11) is 1.54. The molecule has 1 aliphatic rings. The van der Waals surface area contributed by atoms with Crippen LogP contribution in [0.3, 0.4) is 0 Å². The van der Waals surface area contributed by atoms with E-state index in [-0.39, 0.29) is 28.0 Å². The minimum absolute atomic E-state index is 0.160. The van der Waals surface area contributed by atoms with Crippen molar-refractivity contribution in [3.05, 3.63) is 64.8 Å². The number of hydrogen-bond acceptors (Lipinski definition) is 6. The number of thioether (sulfide) groups is 1. The molecular formula is C27H27ClF2N2O4S. The second kappa shape index (κ2) is 12.2. The molecule has 0 spiro atoms. The number of ether oxygens (including phenoxy) is 1. The van der Waals surface area contributed by atoms with Gasteiger partial charge in [0.15, 0.2) is 5.78 Å². The standard InChI is InChI=1S/C27H27ClF2N2O4S/c1-36-18-4-6-23-19(13-18)26(21(28)14-31-23)24(33)7-2-16-8-9-32(15-20(16)27(34)35)10-11-37-25-12-17(29)3-5-22(25)30/h3-6,12-14,16,20H,2,7-11,15H2,1H3,(H,34,35)/t16-,20+/m0/s1. The number of rotatable bonds is 10. The number of ketones is 1. The number of nitrogens with zero attached hydrogens (tertiary/aromatic N) is 2. The van der Waals surface area contributed by atoms with E-state index in [0.717, 1.165) is 18.2 Å². The van der Waals surface area contributed by atoms with E-state index in [1.54, 1.807) is 18.2 Å². The Morgan fingerprint density at radius 1 is 1.24 bits per heavy atom. The molecule has 2 heterocycles. The summed E-state index contributed by atoms with van der Waals surface area (Å²) in [6.07, 6.45) is 2.67. The lowest BCUT2D eigenvalue weighted by molar-refractivity contribution is -0.146. The van der Waals surface area contributed by atoms with Crippen LogP contribution in [0.1, 0.15) is 29.6 Å². The second-order valence-corrected chi connectivity index (χ2v) is 10.6. The van der Waals surface area contributed by atoms with Crippen molar-refractivity contribution in [3.8, 4) is 5.75 Å². The van der Waals surface area contributed by atoms with Crippen molar-refractivity contribution < 1.29 is 28.2 Å². The first-order valence-corrected chi connectivity index (χ1v) is 13.3. The third-order valence-corrected chi connectivity index (χ3v) is 8.06. The van der Waals surface area contributed by atoms with Crippen LogP contribution in [0, 0.1) is 23.5 Å². The molecule has 0 saturated carbocycles. The van der Waals surface area contributed by atoms with Crippen LogP contribution in [0.4, 0.5) is 8.78 Å². The van der Waals surface area contributed by atoms with Crippen molar-refractivity contribution >= 4 is 46.0 Å². The van der Waals surface area contributed by atoms with Gasteiger partial charge in [-0.05, 0) is 61.7 Å². The van der Waals surface area contributed by atoms with Gasteiger partial charge in [0, 0.05) is 47.3 Å². The average molecular weight is 549 g/mol. The predicted molar refractivity (Wildman–Crippen MR) is 140 cm³/mol. The maximum Gasteiger partial charge on any atom is 0.308 e. The summed E-state index contributed by atoms with van der Waals surface area (Å²) in [5.74, 6) is -1.72. The van der Waals surface area contributed by atoms with E-state index < -0.39 is 23.5 Å². The van der Waals surface area contributed by atoms with Gasteiger partial charge in [-0.25, -0.2) is 8.78 Å². The molecule has 0 bridgehead atoms. The number of piperidine rings is 1. The minimum atomic E-state index is -0.900. The van der Waals surface area contributed by atoms with Gasteiger partial charge in [-0.1, -0.05) is 11.6 Å². The highest BCUT2D eigenvalue weighted by atomic mass is 35.5. The Kier molecular flexibility index (Phi) is 9.00. The van der Waals surface area contributed by atoms with E-state index in [2.05, 4.69) is 4.98 Å². The lowest BCUT2D eigenvalue weighted by Gasteiger charge is -2.36. The maximum atomic E-state index is 13.9. The molecule has 1 aromatic heterocycles. The van der Waals surface area contributed by atoms with Gasteiger partial charge in [-0.3, -0.25) is 14.6 Å². The topological polar surface area (TPSA) is 79.7 Å². The number of fused-ring (bicyclic) bond motifs is 1. The number of benzene rings is 2. The van der Waals surface area contributed by atoms with Crippen molar-refractivity contribution in [1.82, 2.24) is 9.88 Å². The molecule has 0 aliphatic carbocycles. The summed E-state index contributed by atoms with van der Waals surface area (Å²) < 4.78 is 32.5. The number of carbonyl (C=O) groups excluding carboxylic acids is 1. The first kappa shape index (κ1) is 27.3. The zero-order chi connectivity index (χ0) is 26.5. The van der Waals surface area contributed by atoms with Gasteiger partial charge >= 0.3 is 5.97 Å². The quantitative estimate of drug-likeness (QED) is 0.247. The first-order valence-electron chi connectivity index (χ1n) is 11.9. The number of carboxylic acid groups (broad SMARTS) is 1. The summed E-state index contributed by atoms with van der Waals surface area (Å²) in [6.45, 7) is 1.57. The molecule has 37 heavy (non-hydrogen) atoms. The van der Waals surface area contributed by atoms with Crippen LogP contribution >= 0.6 is 23.4 Å². The number of halogens is 3. The highest BCUT2D eigenvalue weighted by Crippen LogP contribution is 2.33. The molecule has 196 valence electrons. The van der Waals surface area contributed by atoms with Crippen LogP contribution < -0.4 is 4.74 Å².